The summed E-state index contributed by atoms with van der Waals surface area (Å²) in [7, 11) is 1.63. The molecule has 1 N–H and O–H groups in total. The first-order valence-corrected chi connectivity index (χ1v) is 7.35. The fourth-order valence-electron chi connectivity index (χ4n) is 2.84. The SMILES string of the molecule is CCOc1cc([C@@H](C#N)[NH+]2CCCCC2)ccc1OC. The van der Waals surface area contributed by atoms with Crippen molar-refractivity contribution >= 4 is 0 Å². The molecule has 0 unspecified atom stereocenters. The lowest BCUT2D eigenvalue weighted by Gasteiger charge is -2.28. The van der Waals surface area contributed by atoms with Gasteiger partial charge in [0.25, 0.3) is 0 Å². The van der Waals surface area contributed by atoms with Gasteiger partial charge in [-0.1, -0.05) is 0 Å². The molecule has 0 radical (unpaired) electrons. The van der Waals surface area contributed by atoms with Crippen molar-refractivity contribution in [3.05, 3.63) is 23.8 Å². The maximum atomic E-state index is 9.54. The second kappa shape index (κ2) is 7.16. The van der Waals surface area contributed by atoms with Gasteiger partial charge in [0.1, 0.15) is 6.07 Å². The molecule has 4 heteroatoms. The average Bonchev–Trinajstić information content (AvgIpc) is 2.50. The van der Waals surface area contributed by atoms with Crippen LogP contribution in [0.1, 0.15) is 37.8 Å². The molecule has 1 fully saturated rings. The molecule has 0 aliphatic carbocycles. The Morgan fingerprint density at radius 2 is 2.00 bits per heavy atom. The predicted molar refractivity (Wildman–Crippen MR) is 77.1 cm³/mol. The molecule has 0 spiro atoms. The normalized spacial score (nSPS) is 17.2. The van der Waals surface area contributed by atoms with Crippen molar-refractivity contribution in [2.45, 2.75) is 32.2 Å². The van der Waals surface area contributed by atoms with Crippen molar-refractivity contribution in [3.63, 3.8) is 0 Å². The fourth-order valence-corrected chi connectivity index (χ4v) is 2.84. The highest BCUT2D eigenvalue weighted by Crippen LogP contribution is 2.29. The third-order valence-electron chi connectivity index (χ3n) is 3.85. The molecule has 4 nitrogen and oxygen atoms in total. The van der Waals surface area contributed by atoms with E-state index in [0.29, 0.717) is 6.61 Å². The number of nitriles is 1. The molecule has 2 rings (SSSR count). The number of nitrogens with one attached hydrogen (secondary N) is 1. The molecule has 20 heavy (non-hydrogen) atoms. The van der Waals surface area contributed by atoms with Gasteiger partial charge in [-0.2, -0.15) is 5.26 Å². The standard InChI is InChI=1S/C16H22N2O2/c1-3-20-16-11-13(7-8-15(16)19-2)14(12-17)18-9-5-4-6-10-18/h7-8,11,14H,3-6,9-10H2,1-2H3/p+1/t14-/m1/s1. The second-order valence-electron chi connectivity index (χ2n) is 5.12. The van der Waals surface area contributed by atoms with E-state index in [4.69, 9.17) is 9.47 Å². The van der Waals surface area contributed by atoms with E-state index in [0.717, 1.165) is 30.2 Å². The lowest BCUT2D eigenvalue weighted by atomic mass is 10.0. The predicted octanol–water partition coefficient (Wildman–Crippen LogP) is 1.73. The quantitative estimate of drug-likeness (QED) is 0.890. The first kappa shape index (κ1) is 14.7. The minimum Gasteiger partial charge on any atom is -0.493 e. The smallest absolute Gasteiger partial charge is 0.200 e. The van der Waals surface area contributed by atoms with Crippen LogP contribution in [-0.2, 0) is 0 Å². The van der Waals surface area contributed by atoms with Gasteiger partial charge in [0.15, 0.2) is 11.5 Å². The molecule has 0 aromatic heterocycles. The first-order chi connectivity index (χ1) is 9.80. The average molecular weight is 275 g/mol. The zero-order chi connectivity index (χ0) is 14.4. The molecule has 0 bridgehead atoms. The summed E-state index contributed by atoms with van der Waals surface area (Å²) in [6, 6.07) is 8.19. The Bertz CT molecular complexity index is 476. The zero-order valence-corrected chi connectivity index (χ0v) is 12.3. The van der Waals surface area contributed by atoms with Gasteiger partial charge in [-0.15, -0.1) is 0 Å². The molecule has 1 atom stereocenters. The molecule has 1 aromatic carbocycles. The fraction of sp³-hybridized carbons (Fsp3) is 0.562. The maximum Gasteiger partial charge on any atom is 0.200 e. The Morgan fingerprint density at radius 3 is 2.60 bits per heavy atom. The molecular weight excluding hydrogens is 252 g/mol. The number of hydrogen-bond donors (Lipinski definition) is 1. The van der Waals surface area contributed by atoms with Gasteiger partial charge < -0.3 is 14.4 Å². The Hall–Kier alpha value is -1.73. The molecule has 108 valence electrons. The third-order valence-corrected chi connectivity index (χ3v) is 3.85. The Morgan fingerprint density at radius 1 is 1.25 bits per heavy atom. The van der Waals surface area contributed by atoms with Gasteiger partial charge in [0.05, 0.1) is 26.8 Å². The molecule has 1 heterocycles. The van der Waals surface area contributed by atoms with Gasteiger partial charge in [0, 0.05) is 5.56 Å². The van der Waals surface area contributed by atoms with Gasteiger partial charge in [-0.25, -0.2) is 0 Å². The number of likely N-dealkylation sites (tertiary alicyclic amines) is 1. The van der Waals surface area contributed by atoms with Crippen molar-refractivity contribution in [1.82, 2.24) is 0 Å². The highest BCUT2D eigenvalue weighted by molar-refractivity contribution is 5.44. The van der Waals surface area contributed by atoms with E-state index in [2.05, 4.69) is 6.07 Å². The Kier molecular flexibility index (Phi) is 5.25. The number of rotatable bonds is 5. The summed E-state index contributed by atoms with van der Waals surface area (Å²) in [6.45, 7) is 4.69. The van der Waals surface area contributed by atoms with Crippen LogP contribution < -0.4 is 14.4 Å². The van der Waals surface area contributed by atoms with Crippen molar-refractivity contribution in [2.75, 3.05) is 26.8 Å². The van der Waals surface area contributed by atoms with Crippen LogP contribution in [0.4, 0.5) is 0 Å². The molecule has 1 aliphatic rings. The van der Waals surface area contributed by atoms with Gasteiger partial charge >= 0.3 is 0 Å². The monoisotopic (exact) mass is 275 g/mol. The molecule has 1 saturated heterocycles. The number of piperidine rings is 1. The van der Waals surface area contributed by atoms with E-state index in [1.807, 2.05) is 25.1 Å². The van der Waals surface area contributed by atoms with Crippen LogP contribution in [0.25, 0.3) is 0 Å². The minimum absolute atomic E-state index is 0.111. The van der Waals surface area contributed by atoms with Crippen LogP contribution >= 0.6 is 0 Å². The largest absolute Gasteiger partial charge is 0.493 e. The minimum atomic E-state index is -0.111. The third kappa shape index (κ3) is 3.23. The zero-order valence-electron chi connectivity index (χ0n) is 12.3. The Balaban J connectivity index is 2.25. The van der Waals surface area contributed by atoms with Crippen LogP contribution in [0.3, 0.4) is 0 Å². The molecular formula is C16H23N2O2+. The van der Waals surface area contributed by atoms with Crippen LogP contribution in [0.15, 0.2) is 18.2 Å². The summed E-state index contributed by atoms with van der Waals surface area (Å²) in [5, 5.41) is 9.54. The van der Waals surface area contributed by atoms with Gasteiger partial charge in [-0.3, -0.25) is 0 Å². The van der Waals surface area contributed by atoms with Gasteiger partial charge in [0.2, 0.25) is 6.04 Å². The van der Waals surface area contributed by atoms with Crippen LogP contribution in [0.5, 0.6) is 11.5 Å². The highest BCUT2D eigenvalue weighted by Gasteiger charge is 2.26. The van der Waals surface area contributed by atoms with Crippen LogP contribution in [0.2, 0.25) is 0 Å². The summed E-state index contributed by atoms with van der Waals surface area (Å²) >= 11 is 0. The van der Waals surface area contributed by atoms with E-state index in [1.165, 1.54) is 24.2 Å². The number of nitrogens with zero attached hydrogens (tertiary/aromatic N) is 1. The van der Waals surface area contributed by atoms with Crippen molar-refractivity contribution in [1.29, 1.82) is 5.26 Å². The van der Waals surface area contributed by atoms with E-state index < -0.39 is 0 Å². The maximum absolute atomic E-state index is 9.54. The lowest BCUT2D eigenvalue weighted by molar-refractivity contribution is -0.927. The summed E-state index contributed by atoms with van der Waals surface area (Å²) in [4.78, 5) is 1.37. The number of hydrogen-bond acceptors (Lipinski definition) is 3. The highest BCUT2D eigenvalue weighted by atomic mass is 16.5. The Labute approximate surface area is 120 Å². The van der Waals surface area contributed by atoms with E-state index >= 15 is 0 Å². The molecule has 1 aromatic rings. The topological polar surface area (TPSA) is 46.7 Å². The second-order valence-corrected chi connectivity index (χ2v) is 5.12. The number of quaternary nitrogens is 1. The number of methoxy groups -OCH3 is 1. The summed E-state index contributed by atoms with van der Waals surface area (Å²) in [5.41, 5.74) is 1.02. The first-order valence-electron chi connectivity index (χ1n) is 7.35. The van der Waals surface area contributed by atoms with Crippen molar-refractivity contribution in [3.8, 4) is 17.6 Å². The molecule has 0 amide bonds. The number of ether oxygens (including phenoxy) is 2. The van der Waals surface area contributed by atoms with Crippen molar-refractivity contribution < 1.29 is 14.4 Å². The van der Waals surface area contributed by atoms with E-state index in [-0.39, 0.29) is 6.04 Å². The van der Waals surface area contributed by atoms with Crippen LogP contribution in [0, 0.1) is 11.3 Å². The van der Waals surface area contributed by atoms with Crippen LogP contribution in [-0.4, -0.2) is 26.8 Å². The van der Waals surface area contributed by atoms with Crippen molar-refractivity contribution in [2.24, 2.45) is 0 Å². The summed E-state index contributed by atoms with van der Waals surface area (Å²) < 4.78 is 10.9. The van der Waals surface area contributed by atoms with E-state index in [1.54, 1.807) is 7.11 Å². The molecule has 1 aliphatic heterocycles. The van der Waals surface area contributed by atoms with Gasteiger partial charge in [-0.05, 0) is 44.4 Å². The number of benzene rings is 1. The summed E-state index contributed by atoms with van der Waals surface area (Å²) in [6.07, 6.45) is 3.71. The summed E-state index contributed by atoms with van der Waals surface area (Å²) in [5.74, 6) is 1.45. The van der Waals surface area contributed by atoms with E-state index in [9.17, 15) is 5.26 Å². The lowest BCUT2D eigenvalue weighted by Crippen LogP contribution is -3.13. The molecule has 0 saturated carbocycles.